The van der Waals surface area contributed by atoms with E-state index in [1.807, 2.05) is 11.3 Å². The molecule has 1 heterocycles. The third-order valence-electron chi connectivity index (χ3n) is 3.17. The predicted octanol–water partition coefficient (Wildman–Crippen LogP) is 2.45. The lowest BCUT2D eigenvalue weighted by Crippen LogP contribution is -2.35. The van der Waals surface area contributed by atoms with Gasteiger partial charge in [-0.3, -0.25) is 0 Å². The molecule has 1 aliphatic rings. The molecule has 15 heavy (non-hydrogen) atoms. The average molecular weight is 225 g/mol. The van der Waals surface area contributed by atoms with Crippen LogP contribution in [0.1, 0.15) is 36.1 Å². The molecule has 2 unspecified atom stereocenters. The van der Waals surface area contributed by atoms with E-state index < -0.39 is 0 Å². The number of aliphatic hydroxyl groups is 1. The van der Waals surface area contributed by atoms with Crippen molar-refractivity contribution in [3.63, 3.8) is 0 Å². The first-order valence-corrected chi connectivity index (χ1v) is 6.58. The fraction of sp³-hybridized carbons (Fsp3) is 0.667. The van der Waals surface area contributed by atoms with Gasteiger partial charge in [0.15, 0.2) is 0 Å². The summed E-state index contributed by atoms with van der Waals surface area (Å²) in [5, 5.41) is 15.2. The van der Waals surface area contributed by atoms with E-state index in [2.05, 4.69) is 23.7 Å². The van der Waals surface area contributed by atoms with E-state index >= 15 is 0 Å². The van der Waals surface area contributed by atoms with Crippen molar-refractivity contribution in [2.45, 2.75) is 51.3 Å². The van der Waals surface area contributed by atoms with E-state index in [-0.39, 0.29) is 6.10 Å². The van der Waals surface area contributed by atoms with E-state index in [0.717, 1.165) is 25.8 Å². The number of thiophene rings is 1. The van der Waals surface area contributed by atoms with Gasteiger partial charge in [0.25, 0.3) is 0 Å². The lowest BCUT2D eigenvalue weighted by atomic mass is 9.93. The maximum atomic E-state index is 9.55. The van der Waals surface area contributed by atoms with Gasteiger partial charge in [0.2, 0.25) is 0 Å². The highest BCUT2D eigenvalue weighted by Gasteiger charge is 2.19. The van der Waals surface area contributed by atoms with Gasteiger partial charge >= 0.3 is 0 Å². The van der Waals surface area contributed by atoms with Gasteiger partial charge in [-0.25, -0.2) is 0 Å². The molecule has 2 rings (SSSR count). The quantitative estimate of drug-likeness (QED) is 0.828. The zero-order chi connectivity index (χ0) is 10.7. The van der Waals surface area contributed by atoms with E-state index in [0.29, 0.717) is 6.04 Å². The summed E-state index contributed by atoms with van der Waals surface area (Å²) < 4.78 is 0. The third-order valence-corrected chi connectivity index (χ3v) is 4.19. The van der Waals surface area contributed by atoms with Crippen LogP contribution in [0.5, 0.6) is 0 Å². The highest BCUT2D eigenvalue weighted by Crippen LogP contribution is 2.20. The van der Waals surface area contributed by atoms with Crippen LogP contribution < -0.4 is 5.32 Å². The zero-order valence-corrected chi connectivity index (χ0v) is 10.0. The van der Waals surface area contributed by atoms with Crippen molar-refractivity contribution in [1.29, 1.82) is 0 Å². The Bertz CT molecular complexity index is 310. The molecule has 1 aromatic rings. The van der Waals surface area contributed by atoms with Gasteiger partial charge in [-0.15, -0.1) is 11.3 Å². The minimum atomic E-state index is -0.0827. The molecular weight excluding hydrogens is 206 g/mol. The zero-order valence-electron chi connectivity index (χ0n) is 9.20. The second kappa shape index (κ2) is 5.10. The maximum Gasteiger partial charge on any atom is 0.0555 e. The molecule has 1 aromatic heterocycles. The van der Waals surface area contributed by atoms with E-state index in [1.54, 1.807) is 0 Å². The van der Waals surface area contributed by atoms with Crippen LogP contribution in [-0.4, -0.2) is 17.3 Å². The van der Waals surface area contributed by atoms with Crippen LogP contribution >= 0.6 is 11.3 Å². The van der Waals surface area contributed by atoms with Gasteiger partial charge in [0, 0.05) is 17.5 Å². The second-order valence-corrected chi connectivity index (χ2v) is 5.43. The van der Waals surface area contributed by atoms with Crippen molar-refractivity contribution in [3.8, 4) is 0 Å². The summed E-state index contributed by atoms with van der Waals surface area (Å²) in [6.45, 7) is 3.12. The van der Waals surface area contributed by atoms with Gasteiger partial charge in [-0.2, -0.15) is 0 Å². The summed E-state index contributed by atoms with van der Waals surface area (Å²) in [4.78, 5) is 1.43. The van der Waals surface area contributed by atoms with Crippen molar-refractivity contribution in [2.75, 3.05) is 0 Å². The summed E-state index contributed by atoms with van der Waals surface area (Å²) in [6.07, 6.45) is 4.19. The number of aliphatic hydroxyl groups excluding tert-OH is 1. The molecule has 0 radical (unpaired) electrons. The standard InChI is InChI=1S/C12H19NOS/c1-9-5-6-15-12(9)8-13-10-3-2-4-11(14)7-10/h5-6,10-11,13-14H,2-4,7-8H2,1H3. The molecule has 84 valence electrons. The van der Waals surface area contributed by atoms with Gasteiger partial charge in [-0.05, 0) is 49.6 Å². The van der Waals surface area contributed by atoms with Crippen molar-refractivity contribution in [3.05, 3.63) is 21.9 Å². The van der Waals surface area contributed by atoms with Crippen LogP contribution in [0.4, 0.5) is 0 Å². The number of hydrogen-bond acceptors (Lipinski definition) is 3. The first-order chi connectivity index (χ1) is 7.25. The van der Waals surface area contributed by atoms with E-state index in [4.69, 9.17) is 0 Å². The first kappa shape index (κ1) is 11.1. The lowest BCUT2D eigenvalue weighted by molar-refractivity contribution is 0.111. The SMILES string of the molecule is Cc1ccsc1CNC1CCCC(O)C1. The van der Waals surface area contributed by atoms with Crippen LogP contribution in [0.15, 0.2) is 11.4 Å². The van der Waals surface area contributed by atoms with Crippen LogP contribution in [0.2, 0.25) is 0 Å². The number of aryl methyl sites for hydroxylation is 1. The van der Waals surface area contributed by atoms with Crippen molar-refractivity contribution >= 4 is 11.3 Å². The maximum absolute atomic E-state index is 9.55. The van der Waals surface area contributed by atoms with Gasteiger partial charge < -0.3 is 10.4 Å². The molecule has 0 spiro atoms. The highest BCUT2D eigenvalue weighted by atomic mass is 32.1. The van der Waals surface area contributed by atoms with Crippen LogP contribution in [0, 0.1) is 6.92 Å². The summed E-state index contributed by atoms with van der Waals surface area (Å²) in [6, 6.07) is 2.67. The third kappa shape index (κ3) is 3.03. The first-order valence-electron chi connectivity index (χ1n) is 5.70. The fourth-order valence-electron chi connectivity index (χ4n) is 2.17. The minimum absolute atomic E-state index is 0.0827. The van der Waals surface area contributed by atoms with Crippen LogP contribution in [0.25, 0.3) is 0 Å². The Morgan fingerprint density at radius 2 is 2.40 bits per heavy atom. The Morgan fingerprint density at radius 1 is 1.53 bits per heavy atom. The minimum Gasteiger partial charge on any atom is -0.393 e. The van der Waals surface area contributed by atoms with Crippen LogP contribution in [0.3, 0.4) is 0 Å². The Morgan fingerprint density at radius 3 is 3.07 bits per heavy atom. The van der Waals surface area contributed by atoms with Gasteiger partial charge in [0.05, 0.1) is 6.10 Å². The number of hydrogen-bond donors (Lipinski definition) is 2. The Labute approximate surface area is 95.3 Å². The number of rotatable bonds is 3. The Kier molecular flexibility index (Phi) is 3.78. The Balaban J connectivity index is 1.80. The smallest absolute Gasteiger partial charge is 0.0555 e. The highest BCUT2D eigenvalue weighted by molar-refractivity contribution is 7.10. The fourth-order valence-corrected chi connectivity index (χ4v) is 3.03. The predicted molar refractivity (Wildman–Crippen MR) is 64.2 cm³/mol. The summed E-state index contributed by atoms with van der Waals surface area (Å²) in [7, 11) is 0. The van der Waals surface area contributed by atoms with Crippen molar-refractivity contribution < 1.29 is 5.11 Å². The Hall–Kier alpha value is -0.380. The summed E-state index contributed by atoms with van der Waals surface area (Å²) >= 11 is 1.81. The molecule has 0 saturated heterocycles. The van der Waals surface area contributed by atoms with Gasteiger partial charge in [0.1, 0.15) is 0 Å². The molecule has 2 nitrogen and oxygen atoms in total. The molecule has 3 heteroatoms. The molecule has 1 fully saturated rings. The molecule has 2 N–H and O–H groups in total. The number of nitrogens with one attached hydrogen (secondary N) is 1. The summed E-state index contributed by atoms with van der Waals surface area (Å²) in [5.74, 6) is 0. The molecule has 0 amide bonds. The normalized spacial score (nSPS) is 26.8. The van der Waals surface area contributed by atoms with Crippen LogP contribution in [-0.2, 0) is 6.54 Å². The van der Waals surface area contributed by atoms with E-state index in [9.17, 15) is 5.11 Å². The monoisotopic (exact) mass is 225 g/mol. The summed E-state index contributed by atoms with van der Waals surface area (Å²) in [5.41, 5.74) is 1.38. The molecular formula is C12H19NOS. The van der Waals surface area contributed by atoms with Crippen molar-refractivity contribution in [1.82, 2.24) is 5.32 Å². The largest absolute Gasteiger partial charge is 0.393 e. The average Bonchev–Trinajstić information content (AvgIpc) is 2.61. The second-order valence-electron chi connectivity index (χ2n) is 4.43. The molecule has 0 aromatic carbocycles. The van der Waals surface area contributed by atoms with E-state index in [1.165, 1.54) is 16.9 Å². The molecule has 2 atom stereocenters. The molecule has 1 saturated carbocycles. The molecule has 0 aliphatic heterocycles. The topological polar surface area (TPSA) is 32.3 Å². The lowest BCUT2D eigenvalue weighted by Gasteiger charge is -2.26. The van der Waals surface area contributed by atoms with Gasteiger partial charge in [-0.1, -0.05) is 0 Å². The molecule has 0 bridgehead atoms. The molecule has 1 aliphatic carbocycles. The van der Waals surface area contributed by atoms with Crippen molar-refractivity contribution in [2.24, 2.45) is 0 Å².